The Morgan fingerprint density at radius 3 is 2.77 bits per heavy atom. The van der Waals surface area contributed by atoms with Gasteiger partial charge in [0, 0.05) is 18.3 Å². The normalized spacial score (nSPS) is 12.1. The summed E-state index contributed by atoms with van der Waals surface area (Å²) < 4.78 is 4.91. The van der Waals surface area contributed by atoms with E-state index in [-0.39, 0.29) is 0 Å². The number of ether oxygens (including phenoxy) is 1. The second-order valence-corrected chi connectivity index (χ2v) is 2.89. The lowest BCUT2D eigenvalue weighted by Crippen LogP contribution is -1.85. The first kappa shape index (κ1) is 11.9. The van der Waals surface area contributed by atoms with Crippen molar-refractivity contribution in [2.45, 2.75) is 33.1 Å². The van der Waals surface area contributed by atoms with Crippen molar-refractivity contribution in [3.05, 3.63) is 24.1 Å². The van der Waals surface area contributed by atoms with Gasteiger partial charge in [-0.25, -0.2) is 0 Å². The van der Waals surface area contributed by atoms with Gasteiger partial charge in [0.15, 0.2) is 0 Å². The minimum absolute atomic E-state index is 0.688. The topological polar surface area (TPSA) is 21.6 Å². The van der Waals surface area contributed by atoms with Gasteiger partial charge in [0.25, 0.3) is 0 Å². The molecule has 0 spiro atoms. The summed E-state index contributed by atoms with van der Waals surface area (Å²) in [5.41, 5.74) is 1.06. The maximum absolute atomic E-state index is 4.91. The maximum atomic E-state index is 4.91. The van der Waals surface area contributed by atoms with E-state index in [1.807, 2.05) is 13.1 Å². The van der Waals surface area contributed by atoms with Crippen molar-refractivity contribution in [3.63, 3.8) is 0 Å². The fourth-order valence-corrected chi connectivity index (χ4v) is 0.781. The second kappa shape index (κ2) is 7.59. The van der Waals surface area contributed by atoms with Gasteiger partial charge in [0.1, 0.15) is 0 Å². The minimum Gasteiger partial charge on any atom is -0.501 e. The molecule has 2 nitrogen and oxygen atoms in total. The first-order valence-electron chi connectivity index (χ1n) is 4.61. The van der Waals surface area contributed by atoms with Gasteiger partial charge in [-0.3, -0.25) is 4.99 Å². The Bertz CT molecular complexity index is 204. The van der Waals surface area contributed by atoms with Gasteiger partial charge in [-0.15, -0.1) is 0 Å². The van der Waals surface area contributed by atoms with Crippen molar-refractivity contribution >= 4 is 6.21 Å². The zero-order chi connectivity index (χ0) is 10.1. The lowest BCUT2D eigenvalue weighted by atomic mass is 10.3. The largest absolute Gasteiger partial charge is 0.501 e. The SMILES string of the molecule is C=C(CC=N/C(C)=C\CCC)OC. The summed E-state index contributed by atoms with van der Waals surface area (Å²) in [5, 5.41) is 0. The first-order chi connectivity index (χ1) is 6.20. The Labute approximate surface area is 81.0 Å². The van der Waals surface area contributed by atoms with Crippen LogP contribution < -0.4 is 0 Å². The van der Waals surface area contributed by atoms with Crippen molar-refractivity contribution in [1.82, 2.24) is 0 Å². The third kappa shape index (κ3) is 7.32. The van der Waals surface area contributed by atoms with Crippen LogP contribution in [0.2, 0.25) is 0 Å². The number of hydrogen-bond acceptors (Lipinski definition) is 2. The highest BCUT2D eigenvalue weighted by Gasteiger charge is 1.87. The van der Waals surface area contributed by atoms with E-state index < -0.39 is 0 Å². The molecule has 0 atom stereocenters. The predicted molar refractivity (Wildman–Crippen MR) is 57.9 cm³/mol. The summed E-state index contributed by atoms with van der Waals surface area (Å²) in [7, 11) is 1.62. The van der Waals surface area contributed by atoms with Gasteiger partial charge in [0.2, 0.25) is 0 Å². The Morgan fingerprint density at radius 1 is 1.54 bits per heavy atom. The summed E-state index contributed by atoms with van der Waals surface area (Å²) in [6.45, 7) is 7.85. The van der Waals surface area contributed by atoms with Crippen LogP contribution in [0.3, 0.4) is 0 Å². The van der Waals surface area contributed by atoms with Gasteiger partial charge in [0.05, 0.1) is 12.9 Å². The zero-order valence-corrected chi connectivity index (χ0v) is 8.84. The van der Waals surface area contributed by atoms with Gasteiger partial charge in [-0.1, -0.05) is 26.0 Å². The van der Waals surface area contributed by atoms with E-state index in [0.717, 1.165) is 24.3 Å². The Kier molecular flexibility index (Phi) is 6.98. The van der Waals surface area contributed by atoms with Crippen LogP contribution in [0.15, 0.2) is 29.1 Å². The van der Waals surface area contributed by atoms with E-state index in [1.165, 1.54) is 0 Å². The van der Waals surface area contributed by atoms with Gasteiger partial charge in [-0.2, -0.15) is 0 Å². The van der Waals surface area contributed by atoms with Crippen molar-refractivity contribution in [3.8, 4) is 0 Å². The molecule has 0 aliphatic carbocycles. The Balaban J connectivity index is 3.77. The third-order valence-corrected chi connectivity index (χ3v) is 1.63. The molecule has 0 aromatic heterocycles. The zero-order valence-electron chi connectivity index (χ0n) is 8.84. The van der Waals surface area contributed by atoms with Gasteiger partial charge in [-0.05, 0) is 13.3 Å². The van der Waals surface area contributed by atoms with Crippen LogP contribution in [0, 0.1) is 0 Å². The van der Waals surface area contributed by atoms with Crippen LogP contribution in [-0.4, -0.2) is 13.3 Å². The van der Waals surface area contributed by atoms with Crippen LogP contribution in [0.25, 0.3) is 0 Å². The van der Waals surface area contributed by atoms with E-state index in [1.54, 1.807) is 7.11 Å². The van der Waals surface area contributed by atoms with Crippen LogP contribution in [-0.2, 0) is 4.74 Å². The van der Waals surface area contributed by atoms with Gasteiger partial charge < -0.3 is 4.74 Å². The van der Waals surface area contributed by atoms with Crippen molar-refractivity contribution in [2.24, 2.45) is 4.99 Å². The minimum atomic E-state index is 0.688. The number of allylic oxidation sites excluding steroid dienone is 3. The van der Waals surface area contributed by atoms with Crippen LogP contribution >= 0.6 is 0 Å². The molecule has 0 saturated carbocycles. The molecular formula is C11H19NO. The molecular weight excluding hydrogens is 162 g/mol. The number of aliphatic imine (C=N–C) groups is 1. The average molecular weight is 181 g/mol. The summed E-state index contributed by atoms with van der Waals surface area (Å²) in [6, 6.07) is 0. The van der Waals surface area contributed by atoms with E-state index in [2.05, 4.69) is 24.6 Å². The summed E-state index contributed by atoms with van der Waals surface area (Å²) >= 11 is 0. The summed E-state index contributed by atoms with van der Waals surface area (Å²) in [6.07, 6.45) is 6.90. The van der Waals surface area contributed by atoms with Crippen molar-refractivity contribution in [2.75, 3.05) is 7.11 Å². The van der Waals surface area contributed by atoms with E-state index in [4.69, 9.17) is 4.74 Å². The smallest absolute Gasteiger partial charge is 0.0937 e. The molecule has 0 aliphatic rings. The fourth-order valence-electron chi connectivity index (χ4n) is 0.781. The Hall–Kier alpha value is -1.05. The monoisotopic (exact) mass is 181 g/mol. The van der Waals surface area contributed by atoms with E-state index >= 15 is 0 Å². The molecule has 0 aliphatic heterocycles. The third-order valence-electron chi connectivity index (χ3n) is 1.63. The molecule has 0 aromatic carbocycles. The maximum Gasteiger partial charge on any atom is 0.0937 e. The van der Waals surface area contributed by atoms with Crippen LogP contribution in [0.1, 0.15) is 33.1 Å². The molecule has 0 aromatic rings. The number of hydrogen-bond donors (Lipinski definition) is 0. The lowest BCUT2D eigenvalue weighted by Gasteiger charge is -1.97. The molecule has 2 heteroatoms. The fraction of sp³-hybridized carbons (Fsp3) is 0.545. The second-order valence-electron chi connectivity index (χ2n) is 2.89. The summed E-state index contributed by atoms with van der Waals surface area (Å²) in [5.74, 6) is 0.743. The molecule has 0 rings (SSSR count). The average Bonchev–Trinajstić information content (AvgIpc) is 2.14. The van der Waals surface area contributed by atoms with Crippen molar-refractivity contribution < 1.29 is 4.74 Å². The highest BCUT2D eigenvalue weighted by atomic mass is 16.5. The molecule has 0 bridgehead atoms. The molecule has 0 heterocycles. The molecule has 13 heavy (non-hydrogen) atoms. The number of methoxy groups -OCH3 is 1. The van der Waals surface area contributed by atoms with Crippen LogP contribution in [0.4, 0.5) is 0 Å². The molecule has 0 saturated heterocycles. The van der Waals surface area contributed by atoms with Gasteiger partial charge >= 0.3 is 0 Å². The highest BCUT2D eigenvalue weighted by Crippen LogP contribution is 2.00. The number of rotatable bonds is 6. The van der Waals surface area contributed by atoms with Crippen LogP contribution in [0.5, 0.6) is 0 Å². The molecule has 0 radical (unpaired) electrons. The van der Waals surface area contributed by atoms with E-state index in [0.29, 0.717) is 6.42 Å². The number of unbranched alkanes of at least 4 members (excludes halogenated alkanes) is 1. The number of nitrogens with zero attached hydrogens (tertiary/aromatic N) is 1. The quantitative estimate of drug-likeness (QED) is 0.455. The first-order valence-corrected chi connectivity index (χ1v) is 4.61. The molecule has 74 valence electrons. The predicted octanol–water partition coefficient (Wildman–Crippen LogP) is 3.31. The molecule has 0 N–H and O–H groups in total. The molecule has 0 fully saturated rings. The van der Waals surface area contributed by atoms with E-state index in [9.17, 15) is 0 Å². The molecule has 0 unspecified atom stereocenters. The lowest BCUT2D eigenvalue weighted by molar-refractivity contribution is 0.290. The standard InChI is InChI=1S/C11H19NO/c1-5-6-7-10(2)12-9-8-11(3)13-4/h7,9H,3,5-6,8H2,1-2,4H3/b10-7-,12-9?. The Morgan fingerprint density at radius 2 is 2.23 bits per heavy atom. The van der Waals surface area contributed by atoms with Crippen molar-refractivity contribution in [1.29, 1.82) is 0 Å². The highest BCUT2D eigenvalue weighted by molar-refractivity contribution is 5.61. The summed E-state index contributed by atoms with van der Waals surface area (Å²) in [4.78, 5) is 4.24. The molecule has 0 amide bonds.